The van der Waals surface area contributed by atoms with Gasteiger partial charge in [0.1, 0.15) is 17.0 Å². The van der Waals surface area contributed by atoms with Gasteiger partial charge < -0.3 is 14.6 Å². The number of benzene rings is 8. The second-order valence-corrected chi connectivity index (χ2v) is 15.6. The molecule has 8 aromatic carbocycles. The lowest BCUT2D eigenvalue weighted by Crippen LogP contribution is -2.31. The third-order valence-corrected chi connectivity index (χ3v) is 11.9. The maximum Gasteiger partial charge on any atom is 0.138 e. The number of hydrogen-bond acceptors (Lipinski definition) is 4. The van der Waals surface area contributed by atoms with Crippen LogP contribution < -0.4 is 10.2 Å². The minimum atomic E-state index is -0.111. The largest absolute Gasteiger partial charge is 0.456 e. The van der Waals surface area contributed by atoms with Crippen LogP contribution in [-0.4, -0.2) is 5.84 Å². The van der Waals surface area contributed by atoms with E-state index in [0.717, 1.165) is 72.4 Å². The second-order valence-electron chi connectivity index (χ2n) is 15.6. The molecule has 0 bridgehead atoms. The van der Waals surface area contributed by atoms with E-state index in [2.05, 4.69) is 212 Å². The van der Waals surface area contributed by atoms with Gasteiger partial charge in [-0.15, -0.1) is 0 Å². The van der Waals surface area contributed by atoms with Crippen molar-refractivity contribution in [3.8, 4) is 11.1 Å². The summed E-state index contributed by atoms with van der Waals surface area (Å²) < 4.78 is 6.86. The van der Waals surface area contributed by atoms with Crippen LogP contribution in [-0.2, 0) is 5.41 Å². The summed E-state index contributed by atoms with van der Waals surface area (Å²) in [5.74, 6) is 0.820. The highest BCUT2D eigenvalue weighted by atomic mass is 16.3. The Morgan fingerprint density at radius 3 is 1.93 bits per heavy atom. The average molecular weight is 734 g/mol. The molecule has 1 atom stereocenters. The standard InChI is InChI=1S/C53H39N3O/c1-53(2)43-27-15-14-23-38(43)39-30-29-35(31-44(39)53)46-32-45(34-17-6-3-7-18-34)54-52(55-46)42-26-16-28-48-51(42)50-41-25-13-12-24-40(41)47(33-49(50)57-48)56(36-19-8-4-9-20-36)37-21-10-5-11-22-37/h3-33,46H,1-2H3,(H,54,55). The van der Waals surface area contributed by atoms with E-state index in [9.17, 15) is 0 Å². The van der Waals surface area contributed by atoms with Crippen LogP contribution in [0.15, 0.2) is 197 Å². The maximum atomic E-state index is 6.86. The lowest BCUT2D eigenvalue weighted by molar-refractivity contribution is 0.657. The fourth-order valence-corrected chi connectivity index (χ4v) is 9.17. The summed E-state index contributed by atoms with van der Waals surface area (Å²) in [5.41, 5.74) is 14.4. The van der Waals surface area contributed by atoms with Crippen molar-refractivity contribution in [2.45, 2.75) is 25.3 Å². The molecule has 0 saturated carbocycles. The molecule has 1 aliphatic heterocycles. The van der Waals surface area contributed by atoms with Crippen LogP contribution in [0.5, 0.6) is 0 Å². The molecule has 1 N–H and O–H groups in total. The van der Waals surface area contributed by atoms with Crippen molar-refractivity contribution in [1.29, 1.82) is 0 Å². The van der Waals surface area contributed by atoms with E-state index in [-0.39, 0.29) is 11.5 Å². The Kier molecular flexibility index (Phi) is 7.55. The molecule has 4 heteroatoms. The van der Waals surface area contributed by atoms with E-state index in [1.807, 2.05) is 0 Å². The van der Waals surface area contributed by atoms with E-state index in [1.54, 1.807) is 0 Å². The van der Waals surface area contributed by atoms with Crippen LogP contribution in [0.25, 0.3) is 49.5 Å². The topological polar surface area (TPSA) is 40.8 Å². The molecule has 1 unspecified atom stereocenters. The lowest BCUT2D eigenvalue weighted by Gasteiger charge is -2.27. The van der Waals surface area contributed by atoms with Gasteiger partial charge in [0.2, 0.25) is 0 Å². The fourth-order valence-electron chi connectivity index (χ4n) is 9.17. The molecule has 0 spiro atoms. The SMILES string of the molecule is CC1(C)c2ccccc2-c2ccc(C3C=C(c4ccccc4)N=C(c4cccc5oc6cc(N(c7ccccc7)c7ccccc7)c7ccccc7c6c45)N3)cc21. The Balaban J connectivity index is 1.10. The Morgan fingerprint density at radius 1 is 0.544 bits per heavy atom. The summed E-state index contributed by atoms with van der Waals surface area (Å²) in [6.45, 7) is 4.68. The summed E-state index contributed by atoms with van der Waals surface area (Å²) in [4.78, 5) is 7.71. The smallest absolute Gasteiger partial charge is 0.138 e. The van der Waals surface area contributed by atoms with Gasteiger partial charge in [-0.25, -0.2) is 4.99 Å². The van der Waals surface area contributed by atoms with Crippen LogP contribution >= 0.6 is 0 Å². The second kappa shape index (κ2) is 13.0. The first-order valence-corrected chi connectivity index (χ1v) is 19.7. The zero-order chi connectivity index (χ0) is 38.1. The van der Waals surface area contributed by atoms with Crippen molar-refractivity contribution in [3.63, 3.8) is 0 Å². The molecule has 9 aromatic rings. The molecule has 1 aromatic heterocycles. The molecule has 2 heterocycles. The Bertz CT molecular complexity index is 3030. The lowest BCUT2D eigenvalue weighted by atomic mass is 9.81. The number of aliphatic imine (C=N–C) groups is 1. The molecule has 4 nitrogen and oxygen atoms in total. The predicted octanol–water partition coefficient (Wildman–Crippen LogP) is 13.6. The number of para-hydroxylation sites is 2. The van der Waals surface area contributed by atoms with E-state index in [0.29, 0.717) is 0 Å². The monoisotopic (exact) mass is 733 g/mol. The number of fused-ring (bicyclic) bond motifs is 8. The summed E-state index contributed by atoms with van der Waals surface area (Å²) >= 11 is 0. The van der Waals surface area contributed by atoms with E-state index < -0.39 is 0 Å². The zero-order valence-electron chi connectivity index (χ0n) is 31.8. The molecule has 0 saturated heterocycles. The summed E-state index contributed by atoms with van der Waals surface area (Å²) in [5, 5.41) is 8.30. The third-order valence-electron chi connectivity index (χ3n) is 11.9. The molecule has 0 radical (unpaired) electrons. The Hall–Kier alpha value is -7.17. The molecule has 272 valence electrons. The van der Waals surface area contributed by atoms with Crippen LogP contribution in [0.4, 0.5) is 17.1 Å². The van der Waals surface area contributed by atoms with Crippen molar-refractivity contribution in [1.82, 2.24) is 5.32 Å². The van der Waals surface area contributed by atoms with Crippen molar-refractivity contribution < 1.29 is 4.42 Å². The van der Waals surface area contributed by atoms with Gasteiger partial charge >= 0.3 is 0 Å². The minimum Gasteiger partial charge on any atom is -0.456 e. The van der Waals surface area contributed by atoms with Gasteiger partial charge in [-0.2, -0.15) is 0 Å². The van der Waals surface area contributed by atoms with E-state index in [1.165, 1.54) is 27.8 Å². The number of furan rings is 1. The summed E-state index contributed by atoms with van der Waals surface area (Å²) in [7, 11) is 0. The third kappa shape index (κ3) is 5.32. The highest BCUT2D eigenvalue weighted by Gasteiger charge is 2.36. The number of hydrogen-bond donors (Lipinski definition) is 1. The van der Waals surface area contributed by atoms with Crippen molar-refractivity contribution in [3.05, 3.63) is 216 Å². The van der Waals surface area contributed by atoms with Crippen LogP contribution in [0, 0.1) is 0 Å². The van der Waals surface area contributed by atoms with Gasteiger partial charge in [0.15, 0.2) is 0 Å². The predicted molar refractivity (Wildman–Crippen MR) is 237 cm³/mol. The molecule has 57 heavy (non-hydrogen) atoms. The number of rotatable bonds is 6. The Morgan fingerprint density at radius 2 is 1.18 bits per heavy atom. The highest BCUT2D eigenvalue weighted by molar-refractivity contribution is 6.27. The number of anilines is 3. The molecule has 0 fully saturated rings. The first-order chi connectivity index (χ1) is 28.0. The molecular formula is C53H39N3O. The Labute approximate surface area is 332 Å². The molecule has 11 rings (SSSR count). The van der Waals surface area contributed by atoms with Gasteiger partial charge in [0.05, 0.1) is 17.4 Å². The van der Waals surface area contributed by atoms with Crippen LogP contribution in [0.1, 0.15) is 47.7 Å². The van der Waals surface area contributed by atoms with Crippen molar-refractivity contribution >= 4 is 61.3 Å². The first kappa shape index (κ1) is 33.2. The van der Waals surface area contributed by atoms with Crippen LogP contribution in [0.2, 0.25) is 0 Å². The molecule has 1 aliphatic carbocycles. The van der Waals surface area contributed by atoms with Crippen LogP contribution in [0.3, 0.4) is 0 Å². The normalized spacial score (nSPS) is 15.5. The quantitative estimate of drug-likeness (QED) is 0.185. The van der Waals surface area contributed by atoms with Gasteiger partial charge in [-0.1, -0.05) is 159 Å². The van der Waals surface area contributed by atoms with Crippen molar-refractivity contribution in [2.75, 3.05) is 4.90 Å². The molecular weight excluding hydrogens is 695 g/mol. The van der Waals surface area contributed by atoms with E-state index in [4.69, 9.17) is 9.41 Å². The summed E-state index contributed by atoms with van der Waals surface area (Å²) in [6.07, 6.45) is 2.27. The van der Waals surface area contributed by atoms with E-state index >= 15 is 0 Å². The number of amidine groups is 1. The van der Waals surface area contributed by atoms with Gasteiger partial charge in [-0.3, -0.25) is 0 Å². The highest BCUT2D eigenvalue weighted by Crippen LogP contribution is 2.50. The summed E-state index contributed by atoms with van der Waals surface area (Å²) in [6, 6.07) is 64.6. The number of nitrogens with zero attached hydrogens (tertiary/aromatic N) is 2. The van der Waals surface area contributed by atoms with Gasteiger partial charge in [0.25, 0.3) is 0 Å². The van der Waals surface area contributed by atoms with Gasteiger partial charge in [-0.05, 0) is 75.2 Å². The average Bonchev–Trinajstić information content (AvgIpc) is 3.76. The maximum absolute atomic E-state index is 6.86. The molecule has 0 amide bonds. The number of nitrogens with one attached hydrogen (secondary N) is 1. The fraction of sp³-hybridized carbons (Fsp3) is 0.0755. The van der Waals surface area contributed by atoms with Gasteiger partial charge in [0, 0.05) is 44.6 Å². The minimum absolute atomic E-state index is 0.0999. The first-order valence-electron chi connectivity index (χ1n) is 19.7. The zero-order valence-corrected chi connectivity index (χ0v) is 31.8. The van der Waals surface area contributed by atoms with Crippen molar-refractivity contribution in [2.24, 2.45) is 4.99 Å². The molecule has 2 aliphatic rings.